The molecule has 0 aromatic heterocycles. The summed E-state index contributed by atoms with van der Waals surface area (Å²) >= 11 is 0. The van der Waals surface area contributed by atoms with Gasteiger partial charge in [-0.25, -0.2) is 0 Å². The lowest BCUT2D eigenvalue weighted by Crippen LogP contribution is -2.21. The molecule has 1 saturated heterocycles. The average molecular weight is 226 g/mol. The summed E-state index contributed by atoms with van der Waals surface area (Å²) in [5.41, 5.74) is 0.819. The lowest BCUT2D eigenvalue weighted by Gasteiger charge is -2.19. The Kier molecular flexibility index (Phi) is 3.89. The van der Waals surface area contributed by atoms with Crippen LogP contribution in [0.15, 0.2) is 30.3 Å². The summed E-state index contributed by atoms with van der Waals surface area (Å²) in [6.07, 6.45) is 0.0408. The Labute approximate surface area is 103 Å². The van der Waals surface area contributed by atoms with Crippen LogP contribution in [0, 0.1) is 0 Å². The van der Waals surface area contributed by atoms with E-state index in [4.69, 9.17) is 25.2 Å². The molecule has 1 aromatic carbocycles. The minimum absolute atomic E-state index is 0.0408. The van der Waals surface area contributed by atoms with Crippen molar-refractivity contribution in [3.05, 3.63) is 35.9 Å². The van der Waals surface area contributed by atoms with Crippen LogP contribution in [0.3, 0.4) is 0 Å². The van der Waals surface area contributed by atoms with Crippen molar-refractivity contribution in [2.75, 3.05) is 13.2 Å². The Morgan fingerprint density at radius 2 is 2.06 bits per heavy atom. The van der Waals surface area contributed by atoms with E-state index in [0.29, 0.717) is 6.61 Å². The third-order valence-corrected chi connectivity index (χ3v) is 2.66. The van der Waals surface area contributed by atoms with Crippen molar-refractivity contribution in [2.24, 2.45) is 0 Å². The van der Waals surface area contributed by atoms with Gasteiger partial charge in [-0.1, -0.05) is 35.9 Å². The van der Waals surface area contributed by atoms with Crippen LogP contribution in [0.4, 0.5) is 0 Å². The van der Waals surface area contributed by atoms with Gasteiger partial charge in [-0.2, -0.15) is 0 Å². The molecule has 0 amide bonds. The van der Waals surface area contributed by atoms with Gasteiger partial charge in [0, 0.05) is 5.82 Å². The predicted molar refractivity (Wildman–Crippen MR) is 65.1 cm³/mol. The van der Waals surface area contributed by atoms with Gasteiger partial charge in [0.25, 0.3) is 5.97 Å². The van der Waals surface area contributed by atoms with Crippen molar-refractivity contribution in [2.45, 2.75) is 17.7 Å². The van der Waals surface area contributed by atoms with Crippen molar-refractivity contribution in [1.29, 1.82) is 0 Å². The molecule has 3 unspecified atom stereocenters. The van der Waals surface area contributed by atoms with Crippen molar-refractivity contribution < 1.29 is 14.3 Å². The normalized spacial score (nSPS) is 21.5. The number of rotatable bonds is 5. The molecule has 1 aliphatic heterocycles. The second kappa shape index (κ2) is 5.41. The topological polar surface area (TPSA) is 38.8 Å². The number of hydrogen-bond donors (Lipinski definition) is 0. The Bertz CT molecular complexity index is 379. The summed E-state index contributed by atoms with van der Waals surface area (Å²) in [7, 11) is 11.7. The van der Waals surface area contributed by atoms with Crippen molar-refractivity contribution in [3.8, 4) is 0 Å². The van der Waals surface area contributed by atoms with E-state index >= 15 is 0 Å². The quantitative estimate of drug-likeness (QED) is 0.423. The number of benzene rings is 1. The molecule has 84 valence electrons. The second-order valence-corrected chi connectivity index (χ2v) is 4.05. The number of epoxide rings is 1. The number of ether oxygens (including phenoxy) is 2. The van der Waals surface area contributed by atoms with E-state index in [9.17, 15) is 4.79 Å². The predicted octanol–water partition coefficient (Wildman–Crippen LogP) is 0.795. The minimum atomic E-state index is -0.851. The summed E-state index contributed by atoms with van der Waals surface area (Å²) in [5, 5.41) is 0. The van der Waals surface area contributed by atoms with E-state index in [1.54, 1.807) is 0 Å². The van der Waals surface area contributed by atoms with E-state index in [-0.39, 0.29) is 12.7 Å². The molecule has 0 spiro atoms. The van der Waals surface area contributed by atoms with Gasteiger partial charge in [-0.3, -0.25) is 4.79 Å². The molecule has 5 heteroatoms. The molecule has 1 heterocycles. The number of hydrogen-bond acceptors (Lipinski definition) is 3. The molecule has 4 radical (unpaired) electrons. The van der Waals surface area contributed by atoms with E-state index in [1.807, 2.05) is 30.3 Å². The third-order valence-electron chi connectivity index (χ3n) is 2.66. The van der Waals surface area contributed by atoms with Crippen molar-refractivity contribution >= 4 is 21.7 Å². The fourth-order valence-corrected chi connectivity index (χ4v) is 1.46. The van der Waals surface area contributed by atoms with Gasteiger partial charge in [-0.15, -0.1) is 0 Å². The molecule has 3 nitrogen and oxygen atoms in total. The molecule has 0 N–H and O–H groups in total. The maximum absolute atomic E-state index is 11.6. The smallest absolute Gasteiger partial charge is 0.299 e. The number of carbonyl (C=O) groups excluding carboxylic acids is 1. The number of esters is 1. The van der Waals surface area contributed by atoms with Crippen LogP contribution >= 0.6 is 0 Å². The minimum Gasteiger partial charge on any atom is -0.463 e. The summed E-state index contributed by atoms with van der Waals surface area (Å²) in [6, 6.07) is 9.25. The summed E-state index contributed by atoms with van der Waals surface area (Å²) in [4.78, 5) is 11.6. The highest BCUT2D eigenvalue weighted by Crippen LogP contribution is 2.25. The molecular weight excluding hydrogens is 214 g/mol. The molecule has 0 bridgehead atoms. The Morgan fingerprint density at radius 1 is 1.41 bits per heavy atom. The summed E-state index contributed by atoms with van der Waals surface area (Å²) < 4.78 is 9.94. The first-order valence-corrected chi connectivity index (χ1v) is 5.53. The Hall–Kier alpha value is -1.22. The molecule has 0 saturated carbocycles. The van der Waals surface area contributed by atoms with E-state index in [2.05, 4.69) is 0 Å². The summed E-state index contributed by atoms with van der Waals surface area (Å²) in [5.74, 6) is -1.89. The SMILES string of the molecule is [B]C(C(=O)OCC1CO1)C([B])c1ccccc1. The molecule has 0 aliphatic carbocycles. The zero-order chi connectivity index (χ0) is 12.3. The van der Waals surface area contributed by atoms with Crippen molar-refractivity contribution in [3.63, 3.8) is 0 Å². The van der Waals surface area contributed by atoms with Gasteiger partial charge in [0.15, 0.2) is 0 Å². The van der Waals surface area contributed by atoms with E-state index < -0.39 is 17.6 Å². The second-order valence-electron chi connectivity index (χ2n) is 4.05. The fraction of sp³-hybridized carbons (Fsp3) is 0.417. The summed E-state index contributed by atoms with van der Waals surface area (Å²) in [6.45, 7) is 0.904. The van der Waals surface area contributed by atoms with E-state index in [1.165, 1.54) is 0 Å². The van der Waals surface area contributed by atoms with Gasteiger partial charge in [-0.05, 0) is 5.82 Å². The maximum atomic E-state index is 11.6. The van der Waals surface area contributed by atoms with Crippen LogP contribution in [-0.2, 0) is 14.3 Å². The highest BCUT2D eigenvalue weighted by atomic mass is 16.6. The van der Waals surface area contributed by atoms with Crippen molar-refractivity contribution in [1.82, 2.24) is 0 Å². The van der Waals surface area contributed by atoms with Gasteiger partial charge < -0.3 is 9.47 Å². The van der Waals surface area contributed by atoms with Gasteiger partial charge >= 0.3 is 0 Å². The molecule has 17 heavy (non-hydrogen) atoms. The van der Waals surface area contributed by atoms with Crippen LogP contribution in [0.2, 0.25) is 5.82 Å². The zero-order valence-corrected chi connectivity index (χ0v) is 9.41. The highest BCUT2D eigenvalue weighted by molar-refractivity contribution is 6.29. The van der Waals surface area contributed by atoms with Crippen LogP contribution in [0.25, 0.3) is 0 Å². The molecular formula is C12H12B2O3. The van der Waals surface area contributed by atoms with Gasteiger partial charge in [0.1, 0.15) is 12.7 Å². The first-order valence-electron chi connectivity index (χ1n) is 5.53. The maximum Gasteiger partial charge on any atom is 0.299 e. The molecule has 1 fully saturated rings. The third kappa shape index (κ3) is 3.37. The largest absolute Gasteiger partial charge is 0.463 e. The lowest BCUT2D eigenvalue weighted by molar-refractivity contribution is -0.144. The van der Waals surface area contributed by atoms with Crippen LogP contribution in [-0.4, -0.2) is 41.0 Å². The monoisotopic (exact) mass is 226 g/mol. The molecule has 1 aromatic rings. The highest BCUT2D eigenvalue weighted by Gasteiger charge is 2.27. The first-order chi connectivity index (χ1) is 8.18. The van der Waals surface area contributed by atoms with Crippen LogP contribution in [0.1, 0.15) is 11.4 Å². The van der Waals surface area contributed by atoms with Crippen LogP contribution in [0.5, 0.6) is 0 Å². The first kappa shape index (κ1) is 12.2. The zero-order valence-electron chi connectivity index (χ0n) is 9.41. The van der Waals surface area contributed by atoms with Gasteiger partial charge in [0.05, 0.1) is 22.3 Å². The molecule has 3 atom stereocenters. The standard InChI is InChI=1S/C12H12B2O3/c13-10(8-4-2-1-3-5-8)11(14)12(15)17-7-9-6-16-9/h1-5,9-11H,6-7H2. The number of carbonyl (C=O) groups is 1. The average Bonchev–Trinajstić information content (AvgIpc) is 3.19. The lowest BCUT2D eigenvalue weighted by atomic mass is 9.63. The van der Waals surface area contributed by atoms with E-state index in [0.717, 1.165) is 5.56 Å². The molecule has 2 rings (SSSR count). The Balaban J connectivity index is 1.89. The van der Waals surface area contributed by atoms with Crippen LogP contribution < -0.4 is 0 Å². The fourth-order valence-electron chi connectivity index (χ4n) is 1.46. The van der Waals surface area contributed by atoms with Gasteiger partial charge in [0.2, 0.25) is 0 Å². The molecule has 1 aliphatic rings. The Morgan fingerprint density at radius 3 is 2.65 bits per heavy atom.